The zero-order chi connectivity index (χ0) is 28.3. The molecular formula is C29H31ClN2O7. The molecule has 2 aromatic rings. The predicted octanol–water partition coefficient (Wildman–Crippen LogP) is 2.78. The highest BCUT2D eigenvalue weighted by molar-refractivity contribution is 6.30. The van der Waals surface area contributed by atoms with Crippen LogP contribution in [0.1, 0.15) is 41.3 Å². The standard InChI is InChI=1S/C29H31ClN2O7/c1-16(2)10-24(35)32(14-17-4-6-19(30)7-5-17)22-13-21(29(37)31-8-9-33)25-20-11-18(15-34)12-23(38-3)27(20)39-28(25)26(22)36/h4-7,10-13,15,22,25-26,28,33,36H,8-9,14H2,1-3H3,(H,31,37)/t22-,25+,26+,28+/m1/s1. The van der Waals surface area contributed by atoms with Gasteiger partial charge in [-0.1, -0.05) is 29.3 Å². The first-order valence-corrected chi connectivity index (χ1v) is 12.9. The predicted molar refractivity (Wildman–Crippen MR) is 145 cm³/mol. The second kappa shape index (κ2) is 12.0. The van der Waals surface area contributed by atoms with Crippen LogP contribution in [-0.2, 0) is 16.1 Å². The van der Waals surface area contributed by atoms with Crippen LogP contribution in [0.3, 0.4) is 0 Å². The van der Waals surface area contributed by atoms with Crippen molar-refractivity contribution in [3.05, 3.63) is 81.4 Å². The molecule has 4 atom stereocenters. The van der Waals surface area contributed by atoms with Crippen LogP contribution in [0.4, 0.5) is 0 Å². The monoisotopic (exact) mass is 554 g/mol. The molecule has 2 aliphatic rings. The van der Waals surface area contributed by atoms with E-state index in [2.05, 4.69) is 5.32 Å². The molecule has 0 bridgehead atoms. The number of fused-ring (bicyclic) bond motifs is 3. The fourth-order valence-corrected chi connectivity index (χ4v) is 5.13. The number of aliphatic hydroxyl groups excluding tert-OH is 2. The van der Waals surface area contributed by atoms with Crippen LogP contribution in [0.25, 0.3) is 0 Å². The quantitative estimate of drug-likeness (QED) is 0.321. The van der Waals surface area contributed by atoms with Gasteiger partial charge >= 0.3 is 0 Å². The maximum Gasteiger partial charge on any atom is 0.247 e. The van der Waals surface area contributed by atoms with Crippen molar-refractivity contribution in [2.24, 2.45) is 0 Å². The maximum atomic E-state index is 13.5. The molecule has 0 saturated heterocycles. The van der Waals surface area contributed by atoms with E-state index in [4.69, 9.17) is 21.1 Å². The van der Waals surface area contributed by atoms with Crippen LogP contribution in [0.15, 0.2) is 59.7 Å². The average Bonchev–Trinajstić information content (AvgIpc) is 3.31. The lowest BCUT2D eigenvalue weighted by Gasteiger charge is -2.40. The number of methoxy groups -OCH3 is 1. The molecule has 206 valence electrons. The lowest BCUT2D eigenvalue weighted by atomic mass is 9.77. The summed E-state index contributed by atoms with van der Waals surface area (Å²) in [6, 6.07) is 9.19. The van der Waals surface area contributed by atoms with E-state index in [1.54, 1.807) is 50.3 Å². The van der Waals surface area contributed by atoms with E-state index >= 15 is 0 Å². The zero-order valence-electron chi connectivity index (χ0n) is 21.9. The summed E-state index contributed by atoms with van der Waals surface area (Å²) >= 11 is 6.05. The van der Waals surface area contributed by atoms with Gasteiger partial charge in [0.05, 0.1) is 25.7 Å². The van der Waals surface area contributed by atoms with Crippen molar-refractivity contribution in [1.82, 2.24) is 10.2 Å². The molecule has 0 aromatic heterocycles. The largest absolute Gasteiger partial charge is 0.493 e. The van der Waals surface area contributed by atoms with Crippen LogP contribution >= 0.6 is 11.6 Å². The molecule has 39 heavy (non-hydrogen) atoms. The van der Waals surface area contributed by atoms with Crippen molar-refractivity contribution < 1.29 is 34.1 Å². The Labute approximate surface area is 231 Å². The molecule has 0 unspecified atom stereocenters. The Morgan fingerprint density at radius 2 is 1.92 bits per heavy atom. The number of allylic oxidation sites excluding steroid dienone is 1. The van der Waals surface area contributed by atoms with Crippen molar-refractivity contribution >= 4 is 29.7 Å². The summed E-state index contributed by atoms with van der Waals surface area (Å²) in [6.45, 7) is 3.47. The first-order valence-electron chi connectivity index (χ1n) is 12.5. The molecular weight excluding hydrogens is 524 g/mol. The molecule has 4 rings (SSSR count). The number of hydrogen-bond acceptors (Lipinski definition) is 7. The third kappa shape index (κ3) is 5.85. The molecule has 2 aromatic carbocycles. The Morgan fingerprint density at radius 1 is 1.21 bits per heavy atom. The SMILES string of the molecule is COc1cc(C=O)cc2c1O[C@@H]1[C@@H](O)[C@H](N(Cc3ccc(Cl)cc3)C(=O)C=C(C)C)C=C(C(=O)NCCO)[C@H]21. The first-order chi connectivity index (χ1) is 18.7. The Balaban J connectivity index is 1.84. The zero-order valence-corrected chi connectivity index (χ0v) is 22.6. The van der Waals surface area contributed by atoms with Gasteiger partial charge in [0.1, 0.15) is 18.5 Å². The molecule has 0 spiro atoms. The highest BCUT2D eigenvalue weighted by Gasteiger charge is 2.51. The third-order valence-electron chi connectivity index (χ3n) is 6.73. The number of amides is 2. The summed E-state index contributed by atoms with van der Waals surface area (Å²) in [4.78, 5) is 40.0. The summed E-state index contributed by atoms with van der Waals surface area (Å²) in [5.41, 5.74) is 2.63. The van der Waals surface area contributed by atoms with Crippen molar-refractivity contribution in [2.45, 2.75) is 44.6 Å². The Kier molecular flexibility index (Phi) is 8.74. The summed E-state index contributed by atoms with van der Waals surface area (Å²) in [5.74, 6) is -0.964. The number of rotatable bonds is 9. The molecule has 0 fully saturated rings. The van der Waals surface area contributed by atoms with E-state index < -0.39 is 30.1 Å². The Hall–Kier alpha value is -3.66. The number of carbonyl (C=O) groups excluding carboxylic acids is 3. The smallest absolute Gasteiger partial charge is 0.247 e. The van der Waals surface area contributed by atoms with Gasteiger partial charge in [0.25, 0.3) is 0 Å². The van der Waals surface area contributed by atoms with Gasteiger partial charge in [0, 0.05) is 40.9 Å². The number of ether oxygens (including phenoxy) is 2. The highest BCUT2D eigenvalue weighted by Crippen LogP contribution is 2.51. The second-order valence-corrected chi connectivity index (χ2v) is 10.2. The van der Waals surface area contributed by atoms with Gasteiger partial charge in [-0.2, -0.15) is 0 Å². The fraction of sp³-hybridized carbons (Fsp3) is 0.345. The number of hydrogen-bond donors (Lipinski definition) is 3. The number of halogens is 1. The summed E-state index contributed by atoms with van der Waals surface area (Å²) in [7, 11) is 1.44. The van der Waals surface area contributed by atoms with Crippen molar-refractivity contribution in [3.8, 4) is 11.5 Å². The van der Waals surface area contributed by atoms with E-state index in [1.165, 1.54) is 24.2 Å². The average molecular weight is 555 g/mol. The number of nitrogens with zero attached hydrogens (tertiary/aromatic N) is 1. The van der Waals surface area contributed by atoms with E-state index in [1.807, 2.05) is 0 Å². The third-order valence-corrected chi connectivity index (χ3v) is 6.98. The van der Waals surface area contributed by atoms with Gasteiger partial charge in [-0.15, -0.1) is 0 Å². The highest BCUT2D eigenvalue weighted by atomic mass is 35.5. The Morgan fingerprint density at radius 3 is 2.54 bits per heavy atom. The minimum absolute atomic E-state index is 0.0113. The van der Waals surface area contributed by atoms with Crippen LogP contribution in [0.5, 0.6) is 11.5 Å². The van der Waals surface area contributed by atoms with Gasteiger partial charge in [0.2, 0.25) is 11.8 Å². The molecule has 1 aliphatic carbocycles. The van der Waals surface area contributed by atoms with E-state index in [9.17, 15) is 24.6 Å². The van der Waals surface area contributed by atoms with Gasteiger partial charge in [0.15, 0.2) is 11.5 Å². The second-order valence-electron chi connectivity index (χ2n) is 9.72. The van der Waals surface area contributed by atoms with Crippen molar-refractivity contribution in [3.63, 3.8) is 0 Å². The maximum absolute atomic E-state index is 13.5. The van der Waals surface area contributed by atoms with Gasteiger partial charge in [-0.05, 0) is 49.8 Å². The molecule has 2 amide bonds. The fourth-order valence-electron chi connectivity index (χ4n) is 5.01. The van der Waals surface area contributed by atoms with Crippen molar-refractivity contribution in [1.29, 1.82) is 0 Å². The van der Waals surface area contributed by atoms with Gasteiger partial charge in [-0.3, -0.25) is 14.4 Å². The minimum atomic E-state index is -1.23. The first kappa shape index (κ1) is 28.4. The van der Waals surface area contributed by atoms with E-state index in [-0.39, 0.29) is 31.2 Å². The molecule has 1 heterocycles. The lowest BCUT2D eigenvalue weighted by Crippen LogP contribution is -2.55. The minimum Gasteiger partial charge on any atom is -0.493 e. The van der Waals surface area contributed by atoms with Crippen LogP contribution in [0.2, 0.25) is 5.02 Å². The summed E-state index contributed by atoms with van der Waals surface area (Å²) in [5, 5.41) is 24.2. The lowest BCUT2D eigenvalue weighted by molar-refractivity contribution is -0.133. The molecule has 10 heteroatoms. The number of carbonyl (C=O) groups is 3. The molecule has 9 nitrogen and oxygen atoms in total. The van der Waals surface area contributed by atoms with E-state index in [0.717, 1.165) is 11.1 Å². The van der Waals surface area contributed by atoms with Crippen LogP contribution in [-0.4, -0.2) is 71.7 Å². The normalized spacial score (nSPS) is 21.0. The number of benzene rings is 2. The molecule has 0 radical (unpaired) electrons. The molecule has 0 saturated carbocycles. The van der Waals surface area contributed by atoms with Crippen LogP contribution in [0, 0.1) is 0 Å². The topological polar surface area (TPSA) is 125 Å². The van der Waals surface area contributed by atoms with Gasteiger partial charge < -0.3 is 29.9 Å². The summed E-state index contributed by atoms with van der Waals surface area (Å²) in [6.07, 6.45) is 1.52. The number of nitrogens with one attached hydrogen (secondary N) is 1. The Bertz CT molecular complexity index is 1320. The molecule has 3 N–H and O–H groups in total. The number of aliphatic hydroxyl groups is 2. The summed E-state index contributed by atoms with van der Waals surface area (Å²) < 4.78 is 11.6. The van der Waals surface area contributed by atoms with Gasteiger partial charge in [-0.25, -0.2) is 0 Å². The number of aldehydes is 1. The van der Waals surface area contributed by atoms with Crippen LogP contribution < -0.4 is 14.8 Å². The van der Waals surface area contributed by atoms with E-state index in [0.29, 0.717) is 33.9 Å². The van der Waals surface area contributed by atoms with Crippen molar-refractivity contribution in [2.75, 3.05) is 20.3 Å². The molecule has 1 aliphatic heterocycles.